The first kappa shape index (κ1) is 17.9. The standard InChI is InChI=1S/C17H19ClN4O2/c1-22(2)8-7-20-16(23)12-9-13(11-19-10-12)17(24)21-15-5-3-14(18)4-6-15/h3-6,9-11H,7-8H2,1-2H3,(H,20,23)(H,21,24). The van der Waals surface area contributed by atoms with Crippen molar-refractivity contribution in [3.63, 3.8) is 0 Å². The molecule has 0 saturated carbocycles. The van der Waals surface area contributed by atoms with Gasteiger partial charge in [-0.15, -0.1) is 0 Å². The van der Waals surface area contributed by atoms with Gasteiger partial charge in [-0.3, -0.25) is 14.6 Å². The molecule has 0 atom stereocenters. The lowest BCUT2D eigenvalue weighted by atomic mass is 10.2. The summed E-state index contributed by atoms with van der Waals surface area (Å²) in [5.74, 6) is -0.599. The van der Waals surface area contributed by atoms with E-state index in [2.05, 4.69) is 15.6 Å². The van der Waals surface area contributed by atoms with E-state index in [9.17, 15) is 9.59 Å². The lowest BCUT2D eigenvalue weighted by molar-refractivity contribution is 0.0950. The fourth-order valence-corrected chi connectivity index (χ4v) is 2.05. The first-order chi connectivity index (χ1) is 11.5. The van der Waals surface area contributed by atoms with E-state index < -0.39 is 0 Å². The van der Waals surface area contributed by atoms with Gasteiger partial charge < -0.3 is 15.5 Å². The van der Waals surface area contributed by atoms with Crippen molar-refractivity contribution in [3.05, 3.63) is 58.9 Å². The molecule has 126 valence electrons. The summed E-state index contributed by atoms with van der Waals surface area (Å²) in [5.41, 5.74) is 1.27. The molecule has 0 bridgehead atoms. The Morgan fingerprint density at radius 1 is 1.08 bits per heavy atom. The van der Waals surface area contributed by atoms with E-state index in [0.29, 0.717) is 28.4 Å². The summed E-state index contributed by atoms with van der Waals surface area (Å²) in [6.07, 6.45) is 2.85. The van der Waals surface area contributed by atoms with Crippen LogP contribution >= 0.6 is 11.6 Å². The highest BCUT2D eigenvalue weighted by Gasteiger charge is 2.11. The molecule has 2 rings (SSSR count). The second-order valence-electron chi connectivity index (χ2n) is 5.48. The Hall–Kier alpha value is -2.44. The van der Waals surface area contributed by atoms with Crippen LogP contribution in [0.4, 0.5) is 5.69 Å². The molecule has 2 amide bonds. The second kappa shape index (κ2) is 8.42. The predicted octanol–water partition coefficient (Wildman–Crippen LogP) is 2.28. The molecule has 1 aromatic heterocycles. The lowest BCUT2D eigenvalue weighted by Crippen LogP contribution is -2.31. The van der Waals surface area contributed by atoms with Gasteiger partial charge in [-0.25, -0.2) is 0 Å². The van der Waals surface area contributed by atoms with Crippen molar-refractivity contribution < 1.29 is 9.59 Å². The average molecular weight is 347 g/mol. The minimum atomic E-state index is -0.340. The van der Waals surface area contributed by atoms with Gasteiger partial charge in [0.05, 0.1) is 11.1 Å². The molecule has 0 aliphatic rings. The van der Waals surface area contributed by atoms with Crippen molar-refractivity contribution in [2.45, 2.75) is 0 Å². The number of pyridine rings is 1. The molecule has 2 N–H and O–H groups in total. The van der Waals surface area contributed by atoms with Crippen LogP contribution in [0.2, 0.25) is 5.02 Å². The van der Waals surface area contributed by atoms with E-state index in [0.717, 1.165) is 6.54 Å². The van der Waals surface area contributed by atoms with Crippen LogP contribution < -0.4 is 10.6 Å². The van der Waals surface area contributed by atoms with E-state index in [-0.39, 0.29) is 11.8 Å². The Bertz CT molecular complexity index is 717. The predicted molar refractivity (Wildman–Crippen MR) is 94.5 cm³/mol. The van der Waals surface area contributed by atoms with E-state index in [1.54, 1.807) is 24.3 Å². The van der Waals surface area contributed by atoms with Gasteiger partial charge in [0.2, 0.25) is 0 Å². The minimum Gasteiger partial charge on any atom is -0.351 e. The summed E-state index contributed by atoms with van der Waals surface area (Å²) in [6, 6.07) is 8.29. The van der Waals surface area contributed by atoms with Gasteiger partial charge >= 0.3 is 0 Å². The second-order valence-corrected chi connectivity index (χ2v) is 5.92. The molecule has 0 aliphatic heterocycles. The minimum absolute atomic E-state index is 0.259. The van der Waals surface area contributed by atoms with Gasteiger partial charge in [0.1, 0.15) is 0 Å². The van der Waals surface area contributed by atoms with Crippen molar-refractivity contribution in [3.8, 4) is 0 Å². The first-order valence-corrected chi connectivity index (χ1v) is 7.78. The summed E-state index contributed by atoms with van der Waals surface area (Å²) in [6.45, 7) is 1.25. The van der Waals surface area contributed by atoms with Gasteiger partial charge in [0, 0.05) is 36.2 Å². The van der Waals surface area contributed by atoms with Crippen molar-refractivity contribution >= 4 is 29.1 Å². The number of hydrogen-bond donors (Lipinski definition) is 2. The van der Waals surface area contributed by atoms with Crippen LogP contribution in [0.15, 0.2) is 42.7 Å². The summed E-state index contributed by atoms with van der Waals surface area (Å²) in [4.78, 5) is 30.3. The highest BCUT2D eigenvalue weighted by atomic mass is 35.5. The Kier molecular flexibility index (Phi) is 6.28. The molecule has 0 unspecified atom stereocenters. The van der Waals surface area contributed by atoms with Crippen LogP contribution in [0.5, 0.6) is 0 Å². The summed E-state index contributed by atoms with van der Waals surface area (Å²) in [7, 11) is 3.85. The Balaban J connectivity index is 2.02. The molecular formula is C17H19ClN4O2. The third-order valence-electron chi connectivity index (χ3n) is 3.21. The fourth-order valence-electron chi connectivity index (χ4n) is 1.92. The van der Waals surface area contributed by atoms with Crippen LogP contribution in [0.25, 0.3) is 0 Å². The number of nitrogens with zero attached hydrogens (tertiary/aromatic N) is 2. The van der Waals surface area contributed by atoms with Crippen LogP contribution in [-0.4, -0.2) is 48.9 Å². The van der Waals surface area contributed by atoms with Gasteiger partial charge in [-0.05, 0) is 44.4 Å². The number of aromatic nitrogens is 1. The largest absolute Gasteiger partial charge is 0.351 e. The summed E-state index contributed by atoms with van der Waals surface area (Å²) >= 11 is 5.81. The van der Waals surface area contributed by atoms with Crippen molar-refractivity contribution in [2.75, 3.05) is 32.5 Å². The quantitative estimate of drug-likeness (QED) is 0.841. The summed E-state index contributed by atoms with van der Waals surface area (Å²) < 4.78 is 0. The Morgan fingerprint density at radius 3 is 2.33 bits per heavy atom. The van der Waals surface area contributed by atoms with Gasteiger partial charge in [0.15, 0.2) is 0 Å². The lowest BCUT2D eigenvalue weighted by Gasteiger charge is -2.11. The molecule has 0 fully saturated rings. The molecule has 6 nitrogen and oxygen atoms in total. The third kappa shape index (κ3) is 5.33. The van der Waals surface area contributed by atoms with Gasteiger partial charge in [-0.1, -0.05) is 11.6 Å². The average Bonchev–Trinajstić information content (AvgIpc) is 2.56. The normalized spacial score (nSPS) is 10.5. The number of benzene rings is 1. The van der Waals surface area contributed by atoms with E-state index in [1.165, 1.54) is 18.5 Å². The maximum atomic E-state index is 12.3. The van der Waals surface area contributed by atoms with Crippen LogP contribution in [0.1, 0.15) is 20.7 Å². The molecule has 1 heterocycles. The number of hydrogen-bond acceptors (Lipinski definition) is 4. The molecular weight excluding hydrogens is 328 g/mol. The number of carbonyl (C=O) groups is 2. The van der Waals surface area contributed by atoms with Crippen molar-refractivity contribution in [1.82, 2.24) is 15.2 Å². The number of likely N-dealkylation sites (N-methyl/N-ethyl adjacent to an activating group) is 1. The SMILES string of the molecule is CN(C)CCNC(=O)c1cncc(C(=O)Nc2ccc(Cl)cc2)c1. The molecule has 24 heavy (non-hydrogen) atoms. The van der Waals surface area contributed by atoms with Crippen LogP contribution in [0, 0.1) is 0 Å². The smallest absolute Gasteiger partial charge is 0.257 e. The molecule has 0 aliphatic carbocycles. The van der Waals surface area contributed by atoms with E-state index in [4.69, 9.17) is 11.6 Å². The fraction of sp³-hybridized carbons (Fsp3) is 0.235. The zero-order valence-electron chi connectivity index (χ0n) is 13.5. The maximum Gasteiger partial charge on any atom is 0.257 e. The topological polar surface area (TPSA) is 74.3 Å². The number of nitrogens with one attached hydrogen (secondary N) is 2. The molecule has 1 aromatic carbocycles. The van der Waals surface area contributed by atoms with Crippen LogP contribution in [0.3, 0.4) is 0 Å². The number of halogens is 1. The number of amides is 2. The van der Waals surface area contributed by atoms with Crippen molar-refractivity contribution in [1.29, 1.82) is 0 Å². The zero-order chi connectivity index (χ0) is 17.5. The number of carbonyl (C=O) groups excluding carboxylic acids is 2. The third-order valence-corrected chi connectivity index (χ3v) is 3.46. The molecule has 0 saturated heterocycles. The van der Waals surface area contributed by atoms with Crippen molar-refractivity contribution in [2.24, 2.45) is 0 Å². The van der Waals surface area contributed by atoms with Crippen LogP contribution in [-0.2, 0) is 0 Å². The molecule has 0 spiro atoms. The Labute approximate surface area is 145 Å². The highest BCUT2D eigenvalue weighted by Crippen LogP contribution is 2.14. The monoisotopic (exact) mass is 346 g/mol. The Morgan fingerprint density at radius 2 is 1.71 bits per heavy atom. The molecule has 2 aromatic rings. The molecule has 7 heteroatoms. The van der Waals surface area contributed by atoms with E-state index >= 15 is 0 Å². The van der Waals surface area contributed by atoms with E-state index in [1.807, 2.05) is 19.0 Å². The maximum absolute atomic E-state index is 12.3. The highest BCUT2D eigenvalue weighted by molar-refractivity contribution is 6.30. The van der Waals surface area contributed by atoms with Gasteiger partial charge in [0.25, 0.3) is 11.8 Å². The number of anilines is 1. The zero-order valence-corrected chi connectivity index (χ0v) is 14.3. The summed E-state index contributed by atoms with van der Waals surface area (Å²) in [5, 5.41) is 6.11. The van der Waals surface area contributed by atoms with Gasteiger partial charge in [-0.2, -0.15) is 0 Å². The first-order valence-electron chi connectivity index (χ1n) is 7.40. The number of rotatable bonds is 6. The molecule has 0 radical (unpaired) electrons.